The maximum Gasteiger partial charge on any atom is 0.335 e. The molecule has 0 saturated carbocycles. The highest BCUT2D eigenvalue weighted by Crippen LogP contribution is 2.29. The van der Waals surface area contributed by atoms with Gasteiger partial charge in [0.25, 0.3) is 0 Å². The highest BCUT2D eigenvalue weighted by Gasteiger charge is 2.28. The molecule has 0 unspecified atom stereocenters. The molecule has 2 aromatic carbocycles. The van der Waals surface area contributed by atoms with E-state index in [2.05, 4.69) is 10.3 Å². The molecular weight excluding hydrogens is 529 g/mol. The maximum absolute atomic E-state index is 13.1. The number of carboxylic acid groups (broad SMARTS) is 1. The number of carboxylic acids is 1. The lowest BCUT2D eigenvalue weighted by molar-refractivity contribution is -0.898. The molecule has 0 bridgehead atoms. The van der Waals surface area contributed by atoms with Gasteiger partial charge in [0.15, 0.2) is 4.34 Å². The zero-order valence-corrected chi connectivity index (χ0v) is 21.7. The molecule has 2 N–H and O–H groups in total. The molecule has 1 fully saturated rings. The summed E-state index contributed by atoms with van der Waals surface area (Å²) >= 11 is 14.8. The summed E-state index contributed by atoms with van der Waals surface area (Å²) in [6, 6.07) is 11.8. The Labute approximate surface area is 221 Å². The number of aromatic nitrogens is 1. The molecule has 184 valence electrons. The van der Waals surface area contributed by atoms with Crippen LogP contribution in [0.2, 0.25) is 10.0 Å². The van der Waals surface area contributed by atoms with Crippen molar-refractivity contribution in [2.75, 3.05) is 18.8 Å². The van der Waals surface area contributed by atoms with Crippen LogP contribution in [0.5, 0.6) is 0 Å². The molecule has 2 heterocycles. The van der Waals surface area contributed by atoms with Gasteiger partial charge in [0.1, 0.15) is 6.54 Å². The monoisotopic (exact) mass is 551 g/mol. The number of benzene rings is 2. The number of amides is 1. The number of piperidine rings is 1. The van der Waals surface area contributed by atoms with Crippen molar-refractivity contribution < 1.29 is 19.3 Å². The minimum atomic E-state index is -0.988. The van der Waals surface area contributed by atoms with Crippen molar-refractivity contribution in [2.45, 2.75) is 29.8 Å². The second-order valence-electron chi connectivity index (χ2n) is 8.43. The largest absolute Gasteiger partial charge is 0.633 e. The Kier molecular flexibility index (Phi) is 8.36. The minimum absolute atomic E-state index is 0.0253. The molecule has 0 spiro atoms. The number of hydroxylamine groups is 3. The summed E-state index contributed by atoms with van der Waals surface area (Å²) in [5, 5.41) is 28.1. The number of halogens is 2. The third-order valence-electron chi connectivity index (χ3n) is 5.81. The maximum atomic E-state index is 13.1. The molecule has 7 nitrogen and oxygen atoms in total. The lowest BCUT2D eigenvalue weighted by atomic mass is 10.0. The van der Waals surface area contributed by atoms with Gasteiger partial charge in [0.2, 0.25) is 5.91 Å². The second kappa shape index (κ2) is 11.3. The first-order valence-electron chi connectivity index (χ1n) is 10.9. The minimum Gasteiger partial charge on any atom is -0.633 e. The first kappa shape index (κ1) is 25.9. The molecule has 1 aromatic heterocycles. The number of nitrogens with zero attached hydrogens (tertiary/aromatic N) is 2. The van der Waals surface area contributed by atoms with Gasteiger partial charge in [-0.2, -0.15) is 0 Å². The molecule has 0 aliphatic carbocycles. The standard InChI is InChI=1S/C24H23Cl2N3O4S2/c25-19-5-4-15(10-20(19)26)12-29(33)8-6-18(7-9-29)27-22(30)14-35-24-28-21(13-34-24)16-2-1-3-17(11-16)23(31)32/h1-5,10-11,13,18H,6-9,12,14H2,(H,27,30)(H,31,32). The van der Waals surface area contributed by atoms with E-state index < -0.39 is 5.97 Å². The summed E-state index contributed by atoms with van der Waals surface area (Å²) in [4.78, 5) is 28.2. The molecule has 35 heavy (non-hydrogen) atoms. The molecular formula is C24H23Cl2N3O4S2. The quantitative estimate of drug-likeness (QED) is 0.211. The lowest BCUT2D eigenvalue weighted by Gasteiger charge is -2.47. The normalized spacial score (nSPS) is 19.9. The number of aromatic carboxylic acids is 1. The van der Waals surface area contributed by atoms with E-state index in [4.69, 9.17) is 28.3 Å². The molecule has 0 radical (unpaired) electrons. The molecule has 1 saturated heterocycles. The van der Waals surface area contributed by atoms with E-state index >= 15 is 0 Å². The number of quaternary nitrogens is 1. The molecule has 11 heteroatoms. The van der Waals surface area contributed by atoms with Crippen molar-refractivity contribution >= 4 is 58.2 Å². The Bertz CT molecular complexity index is 1230. The van der Waals surface area contributed by atoms with Crippen molar-refractivity contribution in [3.05, 3.63) is 74.2 Å². The van der Waals surface area contributed by atoms with Crippen molar-refractivity contribution in [3.8, 4) is 11.3 Å². The molecule has 1 aliphatic heterocycles. The van der Waals surface area contributed by atoms with Gasteiger partial charge >= 0.3 is 5.97 Å². The van der Waals surface area contributed by atoms with Crippen LogP contribution in [-0.2, 0) is 11.3 Å². The van der Waals surface area contributed by atoms with Crippen LogP contribution in [0, 0.1) is 5.21 Å². The number of hydrogen-bond acceptors (Lipinski definition) is 6. The van der Waals surface area contributed by atoms with E-state index in [1.807, 2.05) is 17.5 Å². The molecule has 1 aliphatic rings. The summed E-state index contributed by atoms with van der Waals surface area (Å²) in [5.74, 6) is -0.863. The van der Waals surface area contributed by atoms with Crippen LogP contribution in [0.15, 0.2) is 52.2 Å². The molecule has 3 aromatic rings. The fraction of sp³-hybridized carbons (Fsp3) is 0.292. The second-order valence-corrected chi connectivity index (χ2v) is 11.3. The topological polar surface area (TPSA) is 102 Å². The highest BCUT2D eigenvalue weighted by atomic mass is 35.5. The summed E-state index contributed by atoms with van der Waals surface area (Å²) in [7, 11) is 0. The average Bonchev–Trinajstić information content (AvgIpc) is 3.31. The number of nitrogens with one attached hydrogen (secondary N) is 1. The number of carbonyl (C=O) groups is 2. The first-order valence-corrected chi connectivity index (χ1v) is 13.6. The summed E-state index contributed by atoms with van der Waals surface area (Å²) in [6.07, 6.45) is 1.23. The molecule has 0 atom stereocenters. The average molecular weight is 553 g/mol. The zero-order valence-electron chi connectivity index (χ0n) is 18.6. The Morgan fingerprint density at radius 2 is 1.94 bits per heavy atom. The van der Waals surface area contributed by atoms with Crippen LogP contribution in [-0.4, -0.2) is 51.5 Å². The Hall–Kier alpha value is -2.14. The van der Waals surface area contributed by atoms with Crippen molar-refractivity contribution in [1.29, 1.82) is 0 Å². The summed E-state index contributed by atoms with van der Waals surface area (Å²) < 4.78 is 0.390. The Balaban J connectivity index is 1.24. The van der Waals surface area contributed by atoms with E-state index in [0.717, 1.165) is 15.5 Å². The highest BCUT2D eigenvalue weighted by molar-refractivity contribution is 8.01. The Morgan fingerprint density at radius 1 is 1.17 bits per heavy atom. The van der Waals surface area contributed by atoms with Gasteiger partial charge < -0.3 is 20.3 Å². The number of rotatable bonds is 8. The van der Waals surface area contributed by atoms with Gasteiger partial charge in [-0.05, 0) is 24.3 Å². The predicted molar refractivity (Wildman–Crippen MR) is 140 cm³/mol. The third-order valence-corrected chi connectivity index (χ3v) is 8.57. The number of thioether (sulfide) groups is 1. The smallest absolute Gasteiger partial charge is 0.335 e. The fourth-order valence-electron chi connectivity index (χ4n) is 3.98. The third kappa shape index (κ3) is 6.97. The Morgan fingerprint density at radius 3 is 2.66 bits per heavy atom. The lowest BCUT2D eigenvalue weighted by Crippen LogP contribution is -2.52. The molecule has 1 amide bonds. The summed E-state index contributed by atoms with van der Waals surface area (Å²) in [6.45, 7) is 1.17. The van der Waals surface area contributed by atoms with E-state index in [-0.39, 0.29) is 27.9 Å². The van der Waals surface area contributed by atoms with Crippen LogP contribution in [0.4, 0.5) is 0 Å². The van der Waals surface area contributed by atoms with Crippen LogP contribution in [0.3, 0.4) is 0 Å². The number of thiazole rings is 1. The van der Waals surface area contributed by atoms with Crippen LogP contribution < -0.4 is 5.32 Å². The van der Waals surface area contributed by atoms with E-state index in [1.54, 1.807) is 24.3 Å². The summed E-state index contributed by atoms with van der Waals surface area (Å²) in [5.41, 5.74) is 2.46. The van der Waals surface area contributed by atoms with E-state index in [9.17, 15) is 14.8 Å². The van der Waals surface area contributed by atoms with Gasteiger partial charge in [0.05, 0.1) is 40.1 Å². The van der Waals surface area contributed by atoms with Crippen molar-refractivity contribution in [2.24, 2.45) is 0 Å². The SMILES string of the molecule is O=C(CSc1nc(-c2cccc(C(=O)O)c2)cs1)NC1CC[N+]([O-])(Cc2ccc(Cl)c(Cl)c2)CC1. The number of hydrogen-bond donors (Lipinski definition) is 2. The van der Waals surface area contributed by atoms with Crippen LogP contribution in [0.25, 0.3) is 11.3 Å². The number of likely N-dealkylation sites (tertiary alicyclic amines) is 1. The van der Waals surface area contributed by atoms with E-state index in [0.29, 0.717) is 48.2 Å². The van der Waals surface area contributed by atoms with Crippen LogP contribution in [0.1, 0.15) is 28.8 Å². The van der Waals surface area contributed by atoms with Gasteiger partial charge in [0, 0.05) is 35.4 Å². The van der Waals surface area contributed by atoms with Gasteiger partial charge in [-0.25, -0.2) is 9.78 Å². The van der Waals surface area contributed by atoms with Gasteiger partial charge in [-0.3, -0.25) is 4.79 Å². The number of carbonyl (C=O) groups excluding carboxylic acids is 1. The van der Waals surface area contributed by atoms with Crippen molar-refractivity contribution in [1.82, 2.24) is 10.3 Å². The van der Waals surface area contributed by atoms with Crippen LogP contribution >= 0.6 is 46.3 Å². The van der Waals surface area contributed by atoms with Gasteiger partial charge in [-0.1, -0.05) is 53.2 Å². The fourth-order valence-corrected chi connectivity index (χ4v) is 5.94. The predicted octanol–water partition coefficient (Wildman–Crippen LogP) is 5.70. The van der Waals surface area contributed by atoms with Crippen molar-refractivity contribution in [3.63, 3.8) is 0 Å². The zero-order chi connectivity index (χ0) is 25.0. The van der Waals surface area contributed by atoms with Gasteiger partial charge in [-0.15, -0.1) is 11.3 Å². The first-order chi connectivity index (χ1) is 16.7. The van der Waals surface area contributed by atoms with E-state index in [1.165, 1.54) is 29.2 Å². The molecule has 4 rings (SSSR count).